The van der Waals surface area contributed by atoms with Crippen LogP contribution in [0.15, 0.2) is 72.9 Å². The third-order valence-corrected chi connectivity index (χ3v) is 4.02. The van der Waals surface area contributed by atoms with Crippen LogP contribution < -0.4 is 14.8 Å². The number of methoxy groups -OCH3 is 1. The molecular weight excluding hydrogens is 340 g/mol. The van der Waals surface area contributed by atoms with E-state index < -0.39 is 0 Å². The highest BCUT2D eigenvalue weighted by atomic mass is 16.5. The number of ether oxygens (including phenoxy) is 2. The molecule has 0 atom stereocenters. The van der Waals surface area contributed by atoms with Gasteiger partial charge in [0.2, 0.25) is 5.91 Å². The number of carbonyl (C=O) groups excluding carboxylic acids is 1. The second-order valence-corrected chi connectivity index (χ2v) is 6.06. The fourth-order valence-corrected chi connectivity index (χ4v) is 2.58. The quantitative estimate of drug-likeness (QED) is 0.666. The molecule has 3 rings (SSSR count). The Morgan fingerprint density at radius 2 is 1.81 bits per heavy atom. The zero-order valence-corrected chi connectivity index (χ0v) is 15.2. The average molecular weight is 362 g/mol. The van der Waals surface area contributed by atoms with E-state index in [1.807, 2.05) is 66.7 Å². The van der Waals surface area contributed by atoms with Gasteiger partial charge in [0.1, 0.15) is 18.1 Å². The predicted molar refractivity (Wildman–Crippen MR) is 104 cm³/mol. The maximum Gasteiger partial charge on any atom is 0.224 e. The minimum atomic E-state index is -0.0278. The highest BCUT2D eigenvalue weighted by Gasteiger charge is 2.05. The molecule has 27 heavy (non-hydrogen) atoms. The topological polar surface area (TPSA) is 60.5 Å². The van der Waals surface area contributed by atoms with Gasteiger partial charge in [-0.3, -0.25) is 9.78 Å². The zero-order valence-electron chi connectivity index (χ0n) is 15.2. The molecule has 5 nitrogen and oxygen atoms in total. The van der Waals surface area contributed by atoms with Gasteiger partial charge < -0.3 is 14.8 Å². The Balaban J connectivity index is 1.49. The smallest absolute Gasteiger partial charge is 0.224 e. The lowest BCUT2D eigenvalue weighted by Crippen LogP contribution is -2.24. The first kappa shape index (κ1) is 18.5. The number of rotatable bonds is 8. The van der Waals surface area contributed by atoms with Crippen molar-refractivity contribution in [3.05, 3.63) is 89.7 Å². The van der Waals surface area contributed by atoms with E-state index in [-0.39, 0.29) is 5.91 Å². The van der Waals surface area contributed by atoms with Crippen molar-refractivity contribution in [1.29, 1.82) is 0 Å². The molecule has 2 aromatic carbocycles. The Bertz CT molecular complexity index is 864. The van der Waals surface area contributed by atoms with E-state index in [0.717, 1.165) is 28.3 Å². The summed E-state index contributed by atoms with van der Waals surface area (Å²) in [6.07, 6.45) is 2.08. The summed E-state index contributed by atoms with van der Waals surface area (Å²) < 4.78 is 10.9. The van der Waals surface area contributed by atoms with Gasteiger partial charge >= 0.3 is 0 Å². The van der Waals surface area contributed by atoms with Crippen molar-refractivity contribution < 1.29 is 14.3 Å². The molecule has 1 heterocycles. The van der Waals surface area contributed by atoms with Crippen molar-refractivity contribution in [2.75, 3.05) is 7.11 Å². The minimum absolute atomic E-state index is 0.0278. The molecule has 0 fully saturated rings. The molecule has 1 aromatic heterocycles. The van der Waals surface area contributed by atoms with Crippen LogP contribution in [0.4, 0.5) is 0 Å². The lowest BCUT2D eigenvalue weighted by atomic mass is 10.1. The molecule has 0 saturated heterocycles. The molecule has 0 aliphatic carbocycles. The molecule has 0 aliphatic rings. The number of nitrogens with one attached hydrogen (secondary N) is 1. The molecular formula is C22H22N2O3. The van der Waals surface area contributed by atoms with Crippen LogP contribution >= 0.6 is 0 Å². The Labute approximate surface area is 159 Å². The maximum absolute atomic E-state index is 12.2. The van der Waals surface area contributed by atoms with E-state index in [9.17, 15) is 4.79 Å². The average Bonchev–Trinajstić information content (AvgIpc) is 2.72. The highest BCUT2D eigenvalue weighted by molar-refractivity contribution is 5.78. The molecule has 3 aromatic rings. The van der Waals surface area contributed by atoms with Gasteiger partial charge in [-0.2, -0.15) is 0 Å². The standard InChI is InChI=1S/C22H22N2O3/c1-26-20-10-8-17(9-11-20)14-22(25)24-15-18-5-4-7-21(13-18)27-16-19-6-2-3-12-23-19/h2-13H,14-16H2,1H3,(H,24,25). The van der Waals surface area contributed by atoms with Crippen molar-refractivity contribution in [2.24, 2.45) is 0 Å². The Hall–Kier alpha value is -3.34. The van der Waals surface area contributed by atoms with Crippen molar-refractivity contribution in [3.8, 4) is 11.5 Å². The summed E-state index contributed by atoms with van der Waals surface area (Å²) in [5, 5.41) is 2.94. The molecule has 0 unspecified atom stereocenters. The van der Waals surface area contributed by atoms with Crippen LogP contribution in [-0.2, 0) is 24.4 Å². The monoisotopic (exact) mass is 362 g/mol. The van der Waals surface area contributed by atoms with Crippen LogP contribution in [0.2, 0.25) is 0 Å². The third kappa shape index (κ3) is 5.85. The summed E-state index contributed by atoms with van der Waals surface area (Å²) in [7, 11) is 1.62. The van der Waals surface area contributed by atoms with Gasteiger partial charge in [-0.1, -0.05) is 30.3 Å². The first-order valence-electron chi connectivity index (χ1n) is 8.74. The molecule has 0 saturated carbocycles. The largest absolute Gasteiger partial charge is 0.497 e. The summed E-state index contributed by atoms with van der Waals surface area (Å²) in [6, 6.07) is 20.9. The fourth-order valence-electron chi connectivity index (χ4n) is 2.58. The SMILES string of the molecule is COc1ccc(CC(=O)NCc2cccc(OCc3ccccn3)c2)cc1. The van der Waals surface area contributed by atoms with E-state index in [1.165, 1.54) is 0 Å². The summed E-state index contributed by atoms with van der Waals surface area (Å²) in [5.41, 5.74) is 2.80. The van der Waals surface area contributed by atoms with Gasteiger partial charge in [0.25, 0.3) is 0 Å². The number of hydrogen-bond acceptors (Lipinski definition) is 4. The number of carbonyl (C=O) groups is 1. The molecule has 1 amide bonds. The van der Waals surface area contributed by atoms with Gasteiger partial charge in [-0.05, 0) is 47.5 Å². The van der Waals surface area contributed by atoms with Crippen LogP contribution in [0.3, 0.4) is 0 Å². The number of benzene rings is 2. The number of amides is 1. The van der Waals surface area contributed by atoms with Crippen molar-refractivity contribution in [2.45, 2.75) is 19.6 Å². The summed E-state index contributed by atoms with van der Waals surface area (Å²) >= 11 is 0. The molecule has 5 heteroatoms. The van der Waals surface area contributed by atoms with Crippen LogP contribution in [0.5, 0.6) is 11.5 Å². The van der Waals surface area contributed by atoms with Gasteiger partial charge in [-0.15, -0.1) is 0 Å². The van der Waals surface area contributed by atoms with E-state index in [2.05, 4.69) is 10.3 Å². The summed E-state index contributed by atoms with van der Waals surface area (Å²) in [5.74, 6) is 1.50. The second kappa shape index (κ2) is 9.38. The predicted octanol–water partition coefficient (Wildman–Crippen LogP) is 3.53. The van der Waals surface area contributed by atoms with Gasteiger partial charge in [0.05, 0.1) is 19.2 Å². The molecule has 138 valence electrons. The summed E-state index contributed by atoms with van der Waals surface area (Å²) in [4.78, 5) is 16.4. The fraction of sp³-hybridized carbons (Fsp3) is 0.182. The number of aromatic nitrogens is 1. The zero-order chi connectivity index (χ0) is 18.9. The van der Waals surface area contributed by atoms with Gasteiger partial charge in [0.15, 0.2) is 0 Å². The van der Waals surface area contributed by atoms with Crippen molar-refractivity contribution in [3.63, 3.8) is 0 Å². The molecule has 1 N–H and O–H groups in total. The van der Waals surface area contributed by atoms with Crippen LogP contribution in [0.1, 0.15) is 16.8 Å². The first-order valence-corrected chi connectivity index (χ1v) is 8.74. The van der Waals surface area contributed by atoms with Gasteiger partial charge in [0, 0.05) is 12.7 Å². The molecule has 0 bridgehead atoms. The molecule has 0 aliphatic heterocycles. The Morgan fingerprint density at radius 3 is 2.56 bits per heavy atom. The Kier molecular flexibility index (Phi) is 6.41. The van der Waals surface area contributed by atoms with Crippen LogP contribution in [-0.4, -0.2) is 18.0 Å². The number of nitrogens with zero attached hydrogens (tertiary/aromatic N) is 1. The number of pyridine rings is 1. The number of hydrogen-bond donors (Lipinski definition) is 1. The van der Waals surface area contributed by atoms with Crippen molar-refractivity contribution in [1.82, 2.24) is 10.3 Å². The van der Waals surface area contributed by atoms with Crippen LogP contribution in [0, 0.1) is 0 Å². The minimum Gasteiger partial charge on any atom is -0.497 e. The van der Waals surface area contributed by atoms with E-state index in [0.29, 0.717) is 19.6 Å². The van der Waals surface area contributed by atoms with E-state index >= 15 is 0 Å². The third-order valence-electron chi connectivity index (χ3n) is 4.02. The van der Waals surface area contributed by atoms with Crippen LogP contribution in [0.25, 0.3) is 0 Å². The van der Waals surface area contributed by atoms with Gasteiger partial charge in [-0.25, -0.2) is 0 Å². The van der Waals surface area contributed by atoms with Crippen molar-refractivity contribution >= 4 is 5.91 Å². The van der Waals surface area contributed by atoms with E-state index in [1.54, 1.807) is 13.3 Å². The Morgan fingerprint density at radius 1 is 0.963 bits per heavy atom. The summed E-state index contributed by atoms with van der Waals surface area (Å²) in [6.45, 7) is 0.865. The highest BCUT2D eigenvalue weighted by Crippen LogP contribution is 2.15. The lowest BCUT2D eigenvalue weighted by molar-refractivity contribution is -0.120. The first-order chi connectivity index (χ1) is 13.2. The lowest BCUT2D eigenvalue weighted by Gasteiger charge is -2.09. The molecule has 0 radical (unpaired) electrons. The maximum atomic E-state index is 12.2. The second-order valence-electron chi connectivity index (χ2n) is 6.06. The molecule has 0 spiro atoms. The normalized spacial score (nSPS) is 10.3. The van der Waals surface area contributed by atoms with E-state index in [4.69, 9.17) is 9.47 Å².